The van der Waals surface area contributed by atoms with Gasteiger partial charge in [0.05, 0.1) is 6.61 Å². The number of benzene rings is 1. The number of para-hydroxylation sites is 1. The second kappa shape index (κ2) is 7.23. The molecule has 3 heteroatoms. The van der Waals surface area contributed by atoms with E-state index < -0.39 is 0 Å². The van der Waals surface area contributed by atoms with Gasteiger partial charge in [0.25, 0.3) is 5.17 Å². The van der Waals surface area contributed by atoms with Gasteiger partial charge in [-0.3, -0.25) is 0 Å². The van der Waals surface area contributed by atoms with Gasteiger partial charge in [-0.25, -0.2) is 0 Å². The van der Waals surface area contributed by atoms with E-state index in [1.54, 1.807) is 0 Å². The maximum absolute atomic E-state index is 5.41. The maximum atomic E-state index is 5.41. The SMILES string of the molecule is CCCCN(C(=S)OCC)c1ccccc1. The predicted molar refractivity (Wildman–Crippen MR) is 72.9 cm³/mol. The Morgan fingerprint density at radius 3 is 2.50 bits per heavy atom. The Balaban J connectivity index is 2.74. The van der Waals surface area contributed by atoms with Crippen molar-refractivity contribution in [2.75, 3.05) is 18.1 Å². The van der Waals surface area contributed by atoms with Crippen LogP contribution in [-0.2, 0) is 4.74 Å². The van der Waals surface area contributed by atoms with Crippen LogP contribution in [0.25, 0.3) is 0 Å². The third kappa shape index (κ3) is 3.81. The summed E-state index contributed by atoms with van der Waals surface area (Å²) in [7, 11) is 0. The molecule has 0 unspecified atom stereocenters. The van der Waals surface area contributed by atoms with E-state index >= 15 is 0 Å². The van der Waals surface area contributed by atoms with E-state index in [2.05, 4.69) is 24.0 Å². The van der Waals surface area contributed by atoms with Crippen LogP contribution >= 0.6 is 12.2 Å². The number of hydrogen-bond acceptors (Lipinski definition) is 2. The number of hydrogen-bond donors (Lipinski definition) is 0. The lowest BCUT2D eigenvalue weighted by Gasteiger charge is -2.24. The molecule has 0 atom stereocenters. The molecule has 1 rings (SSSR count). The zero-order valence-electron chi connectivity index (χ0n) is 9.98. The Morgan fingerprint density at radius 1 is 1.25 bits per heavy atom. The maximum Gasteiger partial charge on any atom is 0.263 e. The van der Waals surface area contributed by atoms with Crippen molar-refractivity contribution in [1.29, 1.82) is 0 Å². The number of unbranched alkanes of at least 4 members (excludes halogenated alkanes) is 1. The van der Waals surface area contributed by atoms with E-state index in [0.717, 1.165) is 25.1 Å². The standard InChI is InChI=1S/C13H19NOS/c1-3-5-11-14(13(16)15-4-2)12-9-7-6-8-10-12/h6-10H,3-5,11H2,1-2H3. The van der Waals surface area contributed by atoms with E-state index in [4.69, 9.17) is 17.0 Å². The molecule has 0 aliphatic carbocycles. The van der Waals surface area contributed by atoms with Crippen molar-refractivity contribution in [3.8, 4) is 0 Å². The van der Waals surface area contributed by atoms with Crippen molar-refractivity contribution in [3.05, 3.63) is 30.3 Å². The molecule has 0 heterocycles. The van der Waals surface area contributed by atoms with Gasteiger partial charge >= 0.3 is 0 Å². The molecule has 0 aliphatic rings. The Labute approximate surface area is 103 Å². The number of ether oxygens (including phenoxy) is 1. The normalized spacial score (nSPS) is 9.88. The Bertz CT molecular complexity index is 313. The second-order valence-electron chi connectivity index (χ2n) is 3.54. The number of thiocarbonyl (C=S) groups is 1. The van der Waals surface area contributed by atoms with Gasteiger partial charge in [-0.2, -0.15) is 0 Å². The van der Waals surface area contributed by atoms with Crippen LogP contribution in [0.2, 0.25) is 0 Å². The lowest BCUT2D eigenvalue weighted by atomic mass is 10.2. The molecule has 1 aromatic rings. The topological polar surface area (TPSA) is 12.5 Å². The molecule has 0 radical (unpaired) electrons. The third-order valence-corrected chi connectivity index (χ3v) is 2.63. The van der Waals surface area contributed by atoms with Gasteiger partial charge in [0.15, 0.2) is 0 Å². The van der Waals surface area contributed by atoms with Gasteiger partial charge < -0.3 is 9.64 Å². The first-order valence-corrected chi connectivity index (χ1v) is 6.19. The fraction of sp³-hybridized carbons (Fsp3) is 0.462. The summed E-state index contributed by atoms with van der Waals surface area (Å²) in [6.45, 7) is 5.66. The molecule has 0 aromatic heterocycles. The zero-order valence-corrected chi connectivity index (χ0v) is 10.8. The Hall–Kier alpha value is -1.09. The highest BCUT2D eigenvalue weighted by Crippen LogP contribution is 2.15. The van der Waals surface area contributed by atoms with E-state index in [-0.39, 0.29) is 0 Å². The smallest absolute Gasteiger partial charge is 0.263 e. The molecule has 0 amide bonds. The highest BCUT2D eigenvalue weighted by molar-refractivity contribution is 7.80. The summed E-state index contributed by atoms with van der Waals surface area (Å²) in [6, 6.07) is 10.2. The van der Waals surface area contributed by atoms with E-state index in [0.29, 0.717) is 11.8 Å². The molecule has 2 nitrogen and oxygen atoms in total. The van der Waals surface area contributed by atoms with E-state index in [1.165, 1.54) is 0 Å². The van der Waals surface area contributed by atoms with Crippen molar-refractivity contribution in [1.82, 2.24) is 0 Å². The molecular weight excluding hydrogens is 218 g/mol. The van der Waals surface area contributed by atoms with Gasteiger partial charge in [-0.1, -0.05) is 31.5 Å². The van der Waals surface area contributed by atoms with Crippen LogP contribution in [0.4, 0.5) is 5.69 Å². The number of anilines is 1. The summed E-state index contributed by atoms with van der Waals surface area (Å²) in [5, 5.41) is 0.571. The Morgan fingerprint density at radius 2 is 1.94 bits per heavy atom. The molecule has 0 N–H and O–H groups in total. The average Bonchev–Trinajstić information content (AvgIpc) is 2.31. The first kappa shape index (κ1) is 13.0. The van der Waals surface area contributed by atoms with Crippen LogP contribution in [0, 0.1) is 0 Å². The highest BCUT2D eigenvalue weighted by atomic mass is 32.1. The molecule has 0 aliphatic heterocycles. The fourth-order valence-corrected chi connectivity index (χ4v) is 1.77. The number of nitrogens with zero attached hydrogens (tertiary/aromatic N) is 1. The second-order valence-corrected chi connectivity index (χ2v) is 3.89. The Kier molecular flexibility index (Phi) is 5.86. The van der Waals surface area contributed by atoms with Gasteiger partial charge in [-0.05, 0) is 37.7 Å². The van der Waals surface area contributed by atoms with Crippen molar-refractivity contribution in [3.63, 3.8) is 0 Å². The number of rotatable bonds is 5. The molecule has 0 spiro atoms. The minimum atomic E-state index is 0.571. The van der Waals surface area contributed by atoms with Crippen LogP contribution in [0.3, 0.4) is 0 Å². The molecule has 1 aromatic carbocycles. The minimum Gasteiger partial charge on any atom is -0.471 e. The van der Waals surface area contributed by atoms with Crippen LogP contribution in [-0.4, -0.2) is 18.3 Å². The summed E-state index contributed by atoms with van der Waals surface area (Å²) in [4.78, 5) is 2.06. The first-order chi connectivity index (χ1) is 7.79. The molecule has 88 valence electrons. The van der Waals surface area contributed by atoms with Gasteiger partial charge in [0.1, 0.15) is 0 Å². The zero-order chi connectivity index (χ0) is 11.8. The molecular formula is C13H19NOS. The minimum absolute atomic E-state index is 0.571. The summed E-state index contributed by atoms with van der Waals surface area (Å²) >= 11 is 5.27. The molecule has 0 saturated heterocycles. The summed E-state index contributed by atoms with van der Waals surface area (Å²) in [5.74, 6) is 0. The highest BCUT2D eigenvalue weighted by Gasteiger charge is 2.11. The average molecular weight is 237 g/mol. The van der Waals surface area contributed by atoms with Crippen molar-refractivity contribution < 1.29 is 4.74 Å². The van der Waals surface area contributed by atoms with Gasteiger partial charge in [-0.15, -0.1) is 0 Å². The van der Waals surface area contributed by atoms with Crippen LogP contribution < -0.4 is 4.90 Å². The summed E-state index contributed by atoms with van der Waals surface area (Å²) in [5.41, 5.74) is 1.11. The monoisotopic (exact) mass is 237 g/mol. The fourth-order valence-electron chi connectivity index (χ4n) is 1.45. The quantitative estimate of drug-likeness (QED) is 0.726. The van der Waals surface area contributed by atoms with E-state index in [1.807, 2.05) is 25.1 Å². The predicted octanol–water partition coefficient (Wildman–Crippen LogP) is 3.61. The van der Waals surface area contributed by atoms with Crippen LogP contribution in [0.1, 0.15) is 26.7 Å². The van der Waals surface area contributed by atoms with Crippen LogP contribution in [0.5, 0.6) is 0 Å². The van der Waals surface area contributed by atoms with Crippen molar-refractivity contribution >= 4 is 23.1 Å². The molecule has 0 bridgehead atoms. The third-order valence-electron chi connectivity index (χ3n) is 2.29. The first-order valence-electron chi connectivity index (χ1n) is 5.79. The lowest BCUT2D eigenvalue weighted by molar-refractivity contribution is 0.327. The summed E-state index contributed by atoms with van der Waals surface area (Å²) < 4.78 is 5.41. The molecule has 0 saturated carbocycles. The van der Waals surface area contributed by atoms with Gasteiger partial charge in [0, 0.05) is 12.2 Å². The van der Waals surface area contributed by atoms with Crippen molar-refractivity contribution in [2.45, 2.75) is 26.7 Å². The molecule has 16 heavy (non-hydrogen) atoms. The van der Waals surface area contributed by atoms with Gasteiger partial charge in [0.2, 0.25) is 0 Å². The molecule has 0 fully saturated rings. The lowest BCUT2D eigenvalue weighted by Crippen LogP contribution is -2.32. The van der Waals surface area contributed by atoms with E-state index in [9.17, 15) is 0 Å². The van der Waals surface area contributed by atoms with Crippen molar-refractivity contribution in [2.24, 2.45) is 0 Å². The summed E-state index contributed by atoms with van der Waals surface area (Å²) in [6.07, 6.45) is 2.26. The largest absolute Gasteiger partial charge is 0.471 e. The van der Waals surface area contributed by atoms with Crippen LogP contribution in [0.15, 0.2) is 30.3 Å².